The van der Waals surface area contributed by atoms with E-state index in [4.69, 9.17) is 17.3 Å². The summed E-state index contributed by atoms with van der Waals surface area (Å²) in [4.78, 5) is 4.45. The van der Waals surface area contributed by atoms with Gasteiger partial charge in [-0.25, -0.2) is 0 Å². The number of aromatic nitrogens is 1. The third-order valence-electron chi connectivity index (χ3n) is 3.03. The zero-order valence-corrected chi connectivity index (χ0v) is 11.4. The third-order valence-corrected chi connectivity index (χ3v) is 3.29. The highest BCUT2D eigenvalue weighted by Crippen LogP contribution is 2.20. The highest BCUT2D eigenvalue weighted by Gasteiger charge is 2.10. The van der Waals surface area contributed by atoms with E-state index in [1.807, 2.05) is 44.2 Å². The van der Waals surface area contributed by atoms with E-state index in [0.717, 1.165) is 28.4 Å². The fourth-order valence-electron chi connectivity index (χ4n) is 2.07. The smallest absolute Gasteiger partial charge is 0.0423 e. The molecule has 0 saturated carbocycles. The molecule has 2 rings (SSSR count). The molecule has 1 aromatic heterocycles. The van der Waals surface area contributed by atoms with E-state index in [0.29, 0.717) is 0 Å². The average Bonchev–Trinajstić information content (AvgIpc) is 2.32. The summed E-state index contributed by atoms with van der Waals surface area (Å²) in [7, 11) is 0. The maximum absolute atomic E-state index is 6.24. The van der Waals surface area contributed by atoms with Gasteiger partial charge in [0.15, 0.2) is 0 Å². The van der Waals surface area contributed by atoms with Crippen LogP contribution in [0.2, 0.25) is 5.02 Å². The minimum absolute atomic E-state index is 0.0284. The average molecular weight is 261 g/mol. The predicted molar refractivity (Wildman–Crippen MR) is 75.8 cm³/mol. The second kappa shape index (κ2) is 5.51. The van der Waals surface area contributed by atoms with Crippen molar-refractivity contribution in [3.8, 4) is 0 Å². The highest BCUT2D eigenvalue weighted by atomic mass is 35.5. The van der Waals surface area contributed by atoms with Crippen molar-refractivity contribution in [1.29, 1.82) is 0 Å². The number of benzene rings is 1. The Kier molecular flexibility index (Phi) is 4.00. The van der Waals surface area contributed by atoms with E-state index in [9.17, 15) is 0 Å². The molecule has 1 aromatic carbocycles. The van der Waals surface area contributed by atoms with E-state index in [1.54, 1.807) is 0 Å². The van der Waals surface area contributed by atoms with Crippen molar-refractivity contribution in [3.63, 3.8) is 0 Å². The van der Waals surface area contributed by atoms with Crippen molar-refractivity contribution in [3.05, 3.63) is 63.9 Å². The van der Waals surface area contributed by atoms with Crippen LogP contribution in [0.5, 0.6) is 0 Å². The summed E-state index contributed by atoms with van der Waals surface area (Å²) >= 11 is 5.87. The lowest BCUT2D eigenvalue weighted by molar-refractivity contribution is 0.709. The molecule has 3 heteroatoms. The molecule has 94 valence electrons. The van der Waals surface area contributed by atoms with Crippen LogP contribution in [0.15, 0.2) is 36.4 Å². The molecule has 1 heterocycles. The molecule has 2 nitrogen and oxygen atoms in total. The number of nitrogens with two attached hydrogens (primary N) is 1. The van der Waals surface area contributed by atoms with Gasteiger partial charge in [-0.1, -0.05) is 29.8 Å². The number of hydrogen-bond acceptors (Lipinski definition) is 2. The normalized spacial score (nSPS) is 12.4. The molecule has 0 saturated heterocycles. The van der Waals surface area contributed by atoms with Gasteiger partial charge in [-0.2, -0.15) is 0 Å². The van der Waals surface area contributed by atoms with Crippen molar-refractivity contribution >= 4 is 11.6 Å². The SMILES string of the molecule is Cc1ccc(C(N)Cc2ccc(Cl)cc2)c(C)n1. The molecular weight excluding hydrogens is 244 g/mol. The number of rotatable bonds is 3. The quantitative estimate of drug-likeness (QED) is 0.916. The van der Waals surface area contributed by atoms with E-state index in [2.05, 4.69) is 11.1 Å². The fourth-order valence-corrected chi connectivity index (χ4v) is 2.20. The van der Waals surface area contributed by atoms with E-state index >= 15 is 0 Å². The van der Waals surface area contributed by atoms with Gasteiger partial charge < -0.3 is 5.73 Å². The number of aryl methyl sites for hydroxylation is 2. The van der Waals surface area contributed by atoms with Crippen molar-refractivity contribution < 1.29 is 0 Å². The molecule has 0 amide bonds. The van der Waals surface area contributed by atoms with Crippen LogP contribution in [0.4, 0.5) is 0 Å². The Morgan fingerprint density at radius 2 is 1.78 bits per heavy atom. The fraction of sp³-hybridized carbons (Fsp3) is 0.267. The molecule has 0 radical (unpaired) electrons. The lowest BCUT2D eigenvalue weighted by Crippen LogP contribution is -2.15. The van der Waals surface area contributed by atoms with Gasteiger partial charge in [0.1, 0.15) is 0 Å². The maximum atomic E-state index is 6.24. The monoisotopic (exact) mass is 260 g/mol. The summed E-state index contributed by atoms with van der Waals surface area (Å²) < 4.78 is 0. The number of hydrogen-bond donors (Lipinski definition) is 1. The third kappa shape index (κ3) is 3.09. The molecule has 0 aliphatic carbocycles. The summed E-state index contributed by atoms with van der Waals surface area (Å²) in [6.45, 7) is 3.99. The number of halogens is 1. The molecule has 2 aromatic rings. The highest BCUT2D eigenvalue weighted by molar-refractivity contribution is 6.30. The standard InChI is InChI=1S/C15H17ClN2/c1-10-3-8-14(11(2)18-10)15(17)9-12-4-6-13(16)7-5-12/h3-8,15H,9,17H2,1-2H3. The first-order valence-corrected chi connectivity index (χ1v) is 6.38. The molecule has 18 heavy (non-hydrogen) atoms. The van der Waals surface area contributed by atoms with Gasteiger partial charge in [0.2, 0.25) is 0 Å². The summed E-state index contributed by atoms with van der Waals surface area (Å²) in [5.74, 6) is 0. The first-order valence-electron chi connectivity index (χ1n) is 6.00. The molecule has 0 bridgehead atoms. The predicted octanol–water partition coefficient (Wildman–Crippen LogP) is 3.59. The van der Waals surface area contributed by atoms with Crippen molar-refractivity contribution in [1.82, 2.24) is 4.98 Å². The summed E-state index contributed by atoms with van der Waals surface area (Å²) in [5.41, 5.74) is 10.6. The largest absolute Gasteiger partial charge is 0.324 e. The van der Waals surface area contributed by atoms with Gasteiger partial charge in [0, 0.05) is 22.5 Å². The number of nitrogens with zero attached hydrogens (tertiary/aromatic N) is 1. The molecule has 2 N–H and O–H groups in total. The van der Waals surface area contributed by atoms with Crippen LogP contribution in [0.1, 0.15) is 28.6 Å². The molecule has 0 spiro atoms. The van der Waals surface area contributed by atoms with Gasteiger partial charge in [-0.15, -0.1) is 0 Å². The second-order valence-corrected chi connectivity index (χ2v) is 5.00. The lowest BCUT2D eigenvalue weighted by atomic mass is 9.98. The Labute approximate surface area is 113 Å². The van der Waals surface area contributed by atoms with Crippen molar-refractivity contribution in [2.24, 2.45) is 5.73 Å². The van der Waals surface area contributed by atoms with Gasteiger partial charge >= 0.3 is 0 Å². The van der Waals surface area contributed by atoms with Crippen LogP contribution in [-0.4, -0.2) is 4.98 Å². The first kappa shape index (κ1) is 13.1. The molecule has 0 aliphatic rings. The van der Waals surface area contributed by atoms with Gasteiger partial charge in [0.05, 0.1) is 0 Å². The maximum Gasteiger partial charge on any atom is 0.0423 e. The molecule has 0 fully saturated rings. The minimum atomic E-state index is -0.0284. The second-order valence-electron chi connectivity index (χ2n) is 4.56. The van der Waals surface area contributed by atoms with E-state index < -0.39 is 0 Å². The zero-order chi connectivity index (χ0) is 13.1. The topological polar surface area (TPSA) is 38.9 Å². The Bertz CT molecular complexity index is 535. The Hall–Kier alpha value is -1.38. The van der Waals surface area contributed by atoms with Crippen LogP contribution in [0.25, 0.3) is 0 Å². The van der Waals surface area contributed by atoms with Crippen LogP contribution in [-0.2, 0) is 6.42 Å². The van der Waals surface area contributed by atoms with E-state index in [1.165, 1.54) is 5.56 Å². The molecule has 1 atom stereocenters. The van der Waals surface area contributed by atoms with Gasteiger partial charge in [0.25, 0.3) is 0 Å². The number of pyridine rings is 1. The van der Waals surface area contributed by atoms with Crippen molar-refractivity contribution in [2.75, 3.05) is 0 Å². The van der Waals surface area contributed by atoms with Crippen molar-refractivity contribution in [2.45, 2.75) is 26.3 Å². The Morgan fingerprint density at radius 3 is 2.39 bits per heavy atom. The van der Waals surface area contributed by atoms with Crippen LogP contribution in [0, 0.1) is 13.8 Å². The molecule has 1 unspecified atom stereocenters. The van der Waals surface area contributed by atoms with E-state index in [-0.39, 0.29) is 6.04 Å². The minimum Gasteiger partial charge on any atom is -0.324 e. The molecular formula is C15H17ClN2. The summed E-state index contributed by atoms with van der Waals surface area (Å²) in [6.07, 6.45) is 0.794. The zero-order valence-electron chi connectivity index (χ0n) is 10.7. The van der Waals surface area contributed by atoms with Gasteiger partial charge in [-0.05, 0) is 49.6 Å². The Morgan fingerprint density at radius 1 is 1.11 bits per heavy atom. The first-order chi connectivity index (χ1) is 8.56. The lowest BCUT2D eigenvalue weighted by Gasteiger charge is -2.14. The van der Waals surface area contributed by atoms with Crippen LogP contribution < -0.4 is 5.73 Å². The molecule has 0 aliphatic heterocycles. The van der Waals surface area contributed by atoms with Crippen LogP contribution in [0.3, 0.4) is 0 Å². The Balaban J connectivity index is 2.16. The van der Waals surface area contributed by atoms with Crippen LogP contribution >= 0.6 is 11.6 Å². The summed E-state index contributed by atoms with van der Waals surface area (Å²) in [5, 5.41) is 0.750. The summed E-state index contributed by atoms with van der Waals surface area (Å²) in [6, 6.07) is 11.9. The van der Waals surface area contributed by atoms with Gasteiger partial charge in [-0.3, -0.25) is 4.98 Å².